The molecule has 0 saturated carbocycles. The maximum absolute atomic E-state index is 11.1. The molecule has 1 saturated heterocycles. The lowest BCUT2D eigenvalue weighted by atomic mass is 10.1. The first-order chi connectivity index (χ1) is 16.3. The molecule has 2 aromatic heterocycles. The van der Waals surface area contributed by atoms with Crippen molar-refractivity contribution in [2.75, 3.05) is 53.3 Å². The molecule has 8 nitrogen and oxygen atoms in total. The van der Waals surface area contributed by atoms with Crippen LogP contribution in [0.5, 0.6) is 0 Å². The maximum Gasteiger partial charge on any atom is 0.305 e. The molecular weight excluding hydrogens is 418 g/mol. The lowest BCUT2D eigenvalue weighted by Crippen LogP contribution is -2.48. The summed E-state index contributed by atoms with van der Waals surface area (Å²) in [5, 5.41) is 3.34. The molecule has 1 aliphatic heterocycles. The van der Waals surface area contributed by atoms with Crippen LogP contribution >= 0.6 is 0 Å². The molecule has 0 aliphatic carbocycles. The minimum atomic E-state index is -0.119. The van der Waals surface area contributed by atoms with E-state index in [0.717, 1.165) is 69.8 Å². The van der Waals surface area contributed by atoms with Crippen LogP contribution in [0.3, 0.4) is 0 Å². The minimum absolute atomic E-state index is 0. The molecule has 0 radical (unpaired) electrons. The van der Waals surface area contributed by atoms with Gasteiger partial charge >= 0.3 is 5.97 Å². The number of pyridine rings is 2. The minimum Gasteiger partial charge on any atom is -0.469 e. The van der Waals surface area contributed by atoms with Crippen LogP contribution in [0.15, 0.2) is 48.8 Å². The third-order valence-corrected chi connectivity index (χ3v) is 5.90. The fraction of sp³-hybridized carbons (Fsp3) is 0.560. The summed E-state index contributed by atoms with van der Waals surface area (Å²) in [4.78, 5) is 25.1. The van der Waals surface area contributed by atoms with Crippen molar-refractivity contribution in [2.45, 2.75) is 38.1 Å². The first kappa shape index (κ1) is 25.2. The fourth-order valence-electron chi connectivity index (χ4n) is 4.05. The van der Waals surface area contributed by atoms with Gasteiger partial charge in [0.25, 0.3) is 0 Å². The van der Waals surface area contributed by atoms with E-state index in [0.29, 0.717) is 19.9 Å². The second-order valence-electron chi connectivity index (χ2n) is 8.28. The molecule has 0 aromatic carbocycles. The van der Waals surface area contributed by atoms with E-state index in [1.807, 2.05) is 36.7 Å². The van der Waals surface area contributed by atoms with Gasteiger partial charge in [-0.15, -0.1) is 0 Å². The lowest BCUT2D eigenvalue weighted by molar-refractivity contribution is -0.140. The number of rotatable bonds is 14. The zero-order valence-electron chi connectivity index (χ0n) is 19.7. The Morgan fingerprint density at radius 1 is 1.00 bits per heavy atom. The summed E-state index contributed by atoms with van der Waals surface area (Å²) >= 11 is 0. The van der Waals surface area contributed by atoms with Gasteiger partial charge in [0.2, 0.25) is 0 Å². The van der Waals surface area contributed by atoms with Crippen molar-refractivity contribution in [2.24, 2.45) is 0 Å². The number of nitrogens with one attached hydrogen (secondary N) is 1. The number of hydrogen-bond donors (Lipinski definition) is 1. The van der Waals surface area contributed by atoms with E-state index >= 15 is 0 Å². The smallest absolute Gasteiger partial charge is 0.305 e. The number of esters is 1. The molecule has 0 bridgehead atoms. The highest BCUT2D eigenvalue weighted by Crippen LogP contribution is 2.26. The molecule has 0 spiro atoms. The summed E-state index contributed by atoms with van der Waals surface area (Å²) in [6.07, 6.45) is 8.38. The van der Waals surface area contributed by atoms with Gasteiger partial charge in [-0.05, 0) is 43.7 Å². The van der Waals surface area contributed by atoms with Crippen LogP contribution in [-0.4, -0.2) is 79.0 Å². The standard InChI is InChI=1S/C25H37N5O3.H2/c1-32-24(31)12-4-2-3-7-13-26-20-33-21-29-16-18-30(19-17-29)25(22-10-5-8-14-27-22)23-11-6-9-15-28-23;/h5-6,8-11,14-15,25-26H,2-4,7,12-13,16-21H2,1H3;1H. The SMILES string of the molecule is COC(=O)CCCCCCNCOCN1CCN(C(c2ccccn2)c2ccccn2)CC1.[HH]. The topological polar surface area (TPSA) is 79.8 Å². The number of ether oxygens (including phenoxy) is 2. The zero-order valence-corrected chi connectivity index (χ0v) is 19.7. The van der Waals surface area contributed by atoms with Crippen molar-refractivity contribution >= 4 is 5.97 Å². The van der Waals surface area contributed by atoms with Crippen LogP contribution in [0.2, 0.25) is 0 Å². The summed E-state index contributed by atoms with van der Waals surface area (Å²) in [5.41, 5.74) is 2.07. The van der Waals surface area contributed by atoms with Crippen molar-refractivity contribution in [1.82, 2.24) is 25.1 Å². The average molecular weight is 458 g/mol. The van der Waals surface area contributed by atoms with Crippen LogP contribution in [0, 0.1) is 0 Å². The Morgan fingerprint density at radius 3 is 2.27 bits per heavy atom. The maximum atomic E-state index is 11.1. The highest BCUT2D eigenvalue weighted by atomic mass is 16.5. The third-order valence-electron chi connectivity index (χ3n) is 5.90. The van der Waals surface area contributed by atoms with Gasteiger partial charge in [0.1, 0.15) is 6.73 Å². The van der Waals surface area contributed by atoms with E-state index < -0.39 is 0 Å². The van der Waals surface area contributed by atoms with Gasteiger partial charge in [-0.25, -0.2) is 0 Å². The molecule has 1 fully saturated rings. The summed E-state index contributed by atoms with van der Waals surface area (Å²) in [6, 6.07) is 12.2. The number of piperazine rings is 1. The van der Waals surface area contributed by atoms with E-state index in [2.05, 4.69) is 42.0 Å². The van der Waals surface area contributed by atoms with E-state index in [-0.39, 0.29) is 13.4 Å². The molecule has 1 aliphatic rings. The molecule has 182 valence electrons. The quantitative estimate of drug-likeness (QED) is 0.263. The highest BCUT2D eigenvalue weighted by Gasteiger charge is 2.28. The Balaban J connectivity index is 0.00000408. The van der Waals surface area contributed by atoms with Crippen LogP contribution in [0.1, 0.15) is 51.0 Å². The predicted octanol–water partition coefficient (Wildman–Crippen LogP) is 3.07. The molecule has 0 amide bonds. The van der Waals surface area contributed by atoms with E-state index in [1.54, 1.807) is 0 Å². The molecule has 33 heavy (non-hydrogen) atoms. The van der Waals surface area contributed by atoms with Gasteiger partial charge in [-0.3, -0.25) is 29.9 Å². The van der Waals surface area contributed by atoms with Crippen molar-refractivity contribution in [1.29, 1.82) is 0 Å². The predicted molar refractivity (Wildman–Crippen MR) is 129 cm³/mol. The van der Waals surface area contributed by atoms with Crippen LogP contribution in [0.25, 0.3) is 0 Å². The number of unbranched alkanes of at least 4 members (excludes halogenated alkanes) is 3. The second kappa shape index (κ2) is 14.7. The summed E-state index contributed by atoms with van der Waals surface area (Å²) < 4.78 is 10.5. The van der Waals surface area contributed by atoms with E-state index in [4.69, 9.17) is 4.74 Å². The van der Waals surface area contributed by atoms with E-state index in [1.165, 1.54) is 7.11 Å². The average Bonchev–Trinajstić information content (AvgIpc) is 2.87. The van der Waals surface area contributed by atoms with Gasteiger partial charge < -0.3 is 9.47 Å². The first-order valence-electron chi connectivity index (χ1n) is 11.9. The Labute approximate surface area is 198 Å². The van der Waals surface area contributed by atoms with E-state index in [9.17, 15) is 4.79 Å². The van der Waals surface area contributed by atoms with Gasteiger partial charge in [0.05, 0.1) is 31.3 Å². The molecule has 8 heteroatoms. The largest absolute Gasteiger partial charge is 0.469 e. The number of carbonyl (C=O) groups excluding carboxylic acids is 1. The summed E-state index contributed by atoms with van der Waals surface area (Å²) in [5.74, 6) is -0.119. The van der Waals surface area contributed by atoms with Crippen LogP contribution in [0.4, 0.5) is 0 Å². The summed E-state index contributed by atoms with van der Waals surface area (Å²) in [7, 11) is 1.44. The normalized spacial score (nSPS) is 15.1. The molecule has 0 atom stereocenters. The molecular formula is C25H39N5O3. The Bertz CT molecular complexity index is 752. The summed E-state index contributed by atoms with van der Waals surface area (Å²) in [6.45, 7) is 5.93. The third kappa shape index (κ3) is 8.81. The van der Waals surface area contributed by atoms with Crippen LogP contribution in [-0.2, 0) is 14.3 Å². The number of methoxy groups -OCH3 is 1. The number of aromatic nitrogens is 2. The Kier molecular flexibility index (Phi) is 11.2. The van der Waals surface area contributed by atoms with Crippen molar-refractivity contribution in [3.05, 3.63) is 60.2 Å². The van der Waals surface area contributed by atoms with Gasteiger partial charge in [0, 0.05) is 46.4 Å². The monoisotopic (exact) mass is 457 g/mol. The molecule has 1 N–H and O–H groups in total. The number of nitrogens with zero attached hydrogens (tertiary/aromatic N) is 4. The molecule has 3 heterocycles. The lowest BCUT2D eigenvalue weighted by Gasteiger charge is -2.38. The van der Waals surface area contributed by atoms with Crippen molar-refractivity contribution < 1.29 is 15.7 Å². The number of hydrogen-bond acceptors (Lipinski definition) is 8. The molecule has 0 unspecified atom stereocenters. The van der Waals surface area contributed by atoms with Gasteiger partial charge in [-0.1, -0.05) is 25.0 Å². The van der Waals surface area contributed by atoms with Crippen molar-refractivity contribution in [3.8, 4) is 0 Å². The second-order valence-corrected chi connectivity index (χ2v) is 8.28. The Morgan fingerprint density at radius 2 is 1.67 bits per heavy atom. The van der Waals surface area contributed by atoms with Gasteiger partial charge in [0.15, 0.2) is 0 Å². The Hall–Kier alpha value is -2.39. The van der Waals surface area contributed by atoms with Crippen molar-refractivity contribution in [3.63, 3.8) is 0 Å². The number of carbonyl (C=O) groups is 1. The molecule has 2 aromatic rings. The van der Waals surface area contributed by atoms with Gasteiger partial charge in [-0.2, -0.15) is 0 Å². The van der Waals surface area contributed by atoms with Crippen LogP contribution < -0.4 is 5.32 Å². The highest BCUT2D eigenvalue weighted by molar-refractivity contribution is 5.68. The first-order valence-corrected chi connectivity index (χ1v) is 11.9. The fourth-order valence-corrected chi connectivity index (χ4v) is 4.05. The zero-order chi connectivity index (χ0) is 23.1. The molecule has 3 rings (SSSR count).